The maximum absolute atomic E-state index is 11.6. The molecule has 0 saturated heterocycles. The molecule has 0 aliphatic heterocycles. The SMILES string of the molecule is CC(NC(=O)c1cscn1)c1ccsc1. The predicted octanol–water partition coefficient (Wildman–Crippen LogP) is 2.70. The summed E-state index contributed by atoms with van der Waals surface area (Å²) in [6.07, 6.45) is 0. The Bertz CT molecular complexity index is 422. The van der Waals surface area contributed by atoms with E-state index in [-0.39, 0.29) is 11.9 Å². The standard InChI is InChI=1S/C10H10N2OS2/c1-7(8-2-3-14-4-8)12-10(13)9-5-15-6-11-9/h2-7H,1H3,(H,12,13). The fourth-order valence-electron chi connectivity index (χ4n) is 1.20. The summed E-state index contributed by atoms with van der Waals surface area (Å²) >= 11 is 3.05. The van der Waals surface area contributed by atoms with Gasteiger partial charge in [-0.05, 0) is 29.3 Å². The highest BCUT2D eigenvalue weighted by molar-refractivity contribution is 7.08. The van der Waals surface area contributed by atoms with Crippen molar-refractivity contribution in [3.8, 4) is 0 Å². The van der Waals surface area contributed by atoms with Crippen molar-refractivity contribution in [2.45, 2.75) is 13.0 Å². The lowest BCUT2D eigenvalue weighted by Gasteiger charge is -2.10. The zero-order chi connectivity index (χ0) is 10.7. The van der Waals surface area contributed by atoms with Gasteiger partial charge in [-0.1, -0.05) is 0 Å². The third kappa shape index (κ3) is 2.43. The Morgan fingerprint density at radius 1 is 1.47 bits per heavy atom. The minimum atomic E-state index is -0.116. The van der Waals surface area contributed by atoms with Crippen molar-refractivity contribution in [1.82, 2.24) is 10.3 Å². The molecule has 0 aromatic carbocycles. The van der Waals surface area contributed by atoms with E-state index in [1.807, 2.05) is 23.8 Å². The Labute approximate surface area is 95.8 Å². The topological polar surface area (TPSA) is 42.0 Å². The van der Waals surface area contributed by atoms with Gasteiger partial charge in [-0.15, -0.1) is 11.3 Å². The number of hydrogen-bond donors (Lipinski definition) is 1. The largest absolute Gasteiger partial charge is 0.344 e. The average Bonchev–Trinajstić information content (AvgIpc) is 2.91. The van der Waals surface area contributed by atoms with Crippen LogP contribution in [-0.4, -0.2) is 10.9 Å². The molecule has 2 aromatic heterocycles. The second-order valence-corrected chi connectivity index (χ2v) is 4.62. The average molecular weight is 238 g/mol. The molecule has 0 radical (unpaired) electrons. The van der Waals surface area contributed by atoms with Crippen LogP contribution in [0.2, 0.25) is 0 Å². The van der Waals surface area contributed by atoms with E-state index in [0.717, 1.165) is 5.56 Å². The zero-order valence-corrected chi connectivity index (χ0v) is 9.77. The van der Waals surface area contributed by atoms with Gasteiger partial charge in [-0.25, -0.2) is 4.98 Å². The Balaban J connectivity index is 2.01. The van der Waals surface area contributed by atoms with E-state index in [0.29, 0.717) is 5.69 Å². The van der Waals surface area contributed by atoms with Gasteiger partial charge in [0.1, 0.15) is 5.69 Å². The highest BCUT2D eigenvalue weighted by atomic mass is 32.1. The van der Waals surface area contributed by atoms with Crippen LogP contribution in [0.25, 0.3) is 0 Å². The van der Waals surface area contributed by atoms with Gasteiger partial charge in [-0.3, -0.25) is 4.79 Å². The van der Waals surface area contributed by atoms with Gasteiger partial charge >= 0.3 is 0 Å². The van der Waals surface area contributed by atoms with E-state index in [4.69, 9.17) is 0 Å². The molecule has 15 heavy (non-hydrogen) atoms. The normalized spacial score (nSPS) is 12.3. The fraction of sp³-hybridized carbons (Fsp3) is 0.200. The van der Waals surface area contributed by atoms with Crippen LogP contribution < -0.4 is 5.32 Å². The summed E-state index contributed by atoms with van der Waals surface area (Å²) in [6.45, 7) is 1.96. The molecule has 78 valence electrons. The Morgan fingerprint density at radius 2 is 2.33 bits per heavy atom. The van der Waals surface area contributed by atoms with Crippen LogP contribution >= 0.6 is 22.7 Å². The maximum Gasteiger partial charge on any atom is 0.271 e. The number of carbonyl (C=O) groups is 1. The molecular weight excluding hydrogens is 228 g/mol. The number of amides is 1. The van der Waals surface area contributed by atoms with Crippen LogP contribution in [0.1, 0.15) is 29.0 Å². The van der Waals surface area contributed by atoms with E-state index in [2.05, 4.69) is 10.3 Å². The molecule has 0 aliphatic carbocycles. The van der Waals surface area contributed by atoms with Crippen molar-refractivity contribution < 1.29 is 4.79 Å². The van der Waals surface area contributed by atoms with E-state index < -0.39 is 0 Å². The van der Waals surface area contributed by atoms with Crippen molar-refractivity contribution in [2.24, 2.45) is 0 Å². The number of nitrogens with zero attached hydrogens (tertiary/aromatic N) is 1. The van der Waals surface area contributed by atoms with Gasteiger partial charge in [0.25, 0.3) is 5.91 Å². The molecule has 1 amide bonds. The molecule has 2 rings (SSSR count). The fourth-order valence-corrected chi connectivity index (χ4v) is 2.49. The highest BCUT2D eigenvalue weighted by Crippen LogP contribution is 2.16. The smallest absolute Gasteiger partial charge is 0.271 e. The van der Waals surface area contributed by atoms with Crippen molar-refractivity contribution in [1.29, 1.82) is 0 Å². The van der Waals surface area contributed by atoms with E-state index >= 15 is 0 Å². The van der Waals surface area contributed by atoms with Gasteiger partial charge < -0.3 is 5.32 Å². The monoisotopic (exact) mass is 238 g/mol. The number of nitrogens with one attached hydrogen (secondary N) is 1. The first kappa shape index (κ1) is 10.3. The third-order valence-corrected chi connectivity index (χ3v) is 3.34. The van der Waals surface area contributed by atoms with Gasteiger partial charge in [-0.2, -0.15) is 11.3 Å². The Morgan fingerprint density at radius 3 is 2.93 bits per heavy atom. The summed E-state index contributed by atoms with van der Waals surface area (Å²) in [5, 5.41) is 8.68. The molecule has 0 aliphatic rings. The van der Waals surface area contributed by atoms with Crippen molar-refractivity contribution >= 4 is 28.6 Å². The molecule has 2 aromatic rings. The van der Waals surface area contributed by atoms with Crippen molar-refractivity contribution in [3.63, 3.8) is 0 Å². The minimum Gasteiger partial charge on any atom is -0.344 e. The lowest BCUT2D eigenvalue weighted by molar-refractivity contribution is 0.0935. The van der Waals surface area contributed by atoms with E-state index in [1.165, 1.54) is 11.3 Å². The number of carbonyl (C=O) groups excluding carboxylic acids is 1. The molecule has 1 atom stereocenters. The first-order valence-electron chi connectivity index (χ1n) is 4.48. The molecule has 3 nitrogen and oxygen atoms in total. The maximum atomic E-state index is 11.6. The first-order valence-corrected chi connectivity index (χ1v) is 6.37. The molecule has 5 heteroatoms. The van der Waals surface area contributed by atoms with E-state index in [9.17, 15) is 4.79 Å². The van der Waals surface area contributed by atoms with E-state index in [1.54, 1.807) is 22.2 Å². The summed E-state index contributed by atoms with van der Waals surface area (Å²) < 4.78 is 0. The van der Waals surface area contributed by atoms with Gasteiger partial charge in [0.2, 0.25) is 0 Å². The number of rotatable bonds is 3. The predicted molar refractivity (Wildman–Crippen MR) is 62.3 cm³/mol. The molecule has 1 N–H and O–H groups in total. The number of aromatic nitrogens is 1. The second-order valence-electron chi connectivity index (χ2n) is 3.13. The molecular formula is C10H10N2OS2. The van der Waals surface area contributed by atoms with Gasteiger partial charge in [0, 0.05) is 5.38 Å². The third-order valence-electron chi connectivity index (χ3n) is 2.06. The summed E-state index contributed by atoms with van der Waals surface area (Å²) in [5.74, 6) is -0.116. The summed E-state index contributed by atoms with van der Waals surface area (Å²) in [5.41, 5.74) is 3.27. The van der Waals surface area contributed by atoms with Crippen LogP contribution in [-0.2, 0) is 0 Å². The molecule has 0 bridgehead atoms. The lowest BCUT2D eigenvalue weighted by Crippen LogP contribution is -2.26. The van der Waals surface area contributed by atoms with Crippen LogP contribution in [0.4, 0.5) is 0 Å². The Kier molecular flexibility index (Phi) is 3.13. The molecule has 0 saturated carbocycles. The minimum absolute atomic E-state index is 0.0328. The van der Waals surface area contributed by atoms with Crippen molar-refractivity contribution in [2.75, 3.05) is 0 Å². The number of hydrogen-bond acceptors (Lipinski definition) is 4. The lowest BCUT2D eigenvalue weighted by atomic mass is 10.2. The summed E-state index contributed by atoms with van der Waals surface area (Å²) in [4.78, 5) is 15.6. The van der Waals surface area contributed by atoms with Crippen molar-refractivity contribution in [3.05, 3.63) is 39.0 Å². The molecule has 1 unspecified atom stereocenters. The van der Waals surface area contributed by atoms with Crippen LogP contribution in [0.15, 0.2) is 27.7 Å². The number of thiazole rings is 1. The summed E-state index contributed by atoms with van der Waals surface area (Å²) in [6, 6.07) is 2.04. The summed E-state index contributed by atoms with van der Waals surface area (Å²) in [7, 11) is 0. The quantitative estimate of drug-likeness (QED) is 0.893. The molecule has 0 spiro atoms. The first-order chi connectivity index (χ1) is 7.27. The van der Waals surface area contributed by atoms with Crippen LogP contribution in [0.3, 0.4) is 0 Å². The zero-order valence-electron chi connectivity index (χ0n) is 8.14. The Hall–Kier alpha value is -1.20. The molecule has 0 fully saturated rings. The van der Waals surface area contributed by atoms with Gasteiger partial charge in [0.15, 0.2) is 0 Å². The second kappa shape index (κ2) is 4.55. The molecule has 2 heterocycles. The van der Waals surface area contributed by atoms with Gasteiger partial charge in [0.05, 0.1) is 11.6 Å². The van der Waals surface area contributed by atoms with Crippen LogP contribution in [0.5, 0.6) is 0 Å². The highest BCUT2D eigenvalue weighted by Gasteiger charge is 2.12. The van der Waals surface area contributed by atoms with Crippen LogP contribution in [0, 0.1) is 0 Å². The number of thiophene rings is 1.